The van der Waals surface area contributed by atoms with Crippen LogP contribution in [0.2, 0.25) is 0 Å². The van der Waals surface area contributed by atoms with Crippen LogP contribution >= 0.6 is 0 Å². The van der Waals surface area contributed by atoms with Crippen LogP contribution in [0.3, 0.4) is 0 Å². The summed E-state index contributed by atoms with van der Waals surface area (Å²) in [7, 11) is 5.36. The highest BCUT2D eigenvalue weighted by Gasteiger charge is 2.08. The number of methoxy groups -OCH3 is 2. The summed E-state index contributed by atoms with van der Waals surface area (Å²) in [4.78, 5) is 2.12. The fourth-order valence-corrected chi connectivity index (χ4v) is 2.12. The average molecular weight is 272 g/mol. The Labute approximate surface area is 119 Å². The lowest BCUT2D eigenvalue weighted by molar-refractivity contribution is 0.409. The Balaban J connectivity index is 2.22. The summed E-state index contributed by atoms with van der Waals surface area (Å²) in [5, 5.41) is 0. The zero-order valence-electron chi connectivity index (χ0n) is 12.1. The molecule has 0 bridgehead atoms. The number of nitrogen functional groups attached to an aromatic ring is 1. The molecular formula is C16H20N2O2. The highest BCUT2D eigenvalue weighted by molar-refractivity contribution is 5.53. The van der Waals surface area contributed by atoms with E-state index >= 15 is 0 Å². The molecule has 0 heterocycles. The van der Waals surface area contributed by atoms with Gasteiger partial charge in [0.15, 0.2) is 0 Å². The van der Waals surface area contributed by atoms with Gasteiger partial charge in [-0.05, 0) is 30.3 Å². The molecular weight excluding hydrogens is 252 g/mol. The lowest BCUT2D eigenvalue weighted by Gasteiger charge is -2.21. The minimum atomic E-state index is 0.710. The van der Waals surface area contributed by atoms with Gasteiger partial charge in [-0.15, -0.1) is 0 Å². The zero-order chi connectivity index (χ0) is 14.5. The summed E-state index contributed by atoms with van der Waals surface area (Å²) >= 11 is 0. The van der Waals surface area contributed by atoms with Crippen molar-refractivity contribution in [3.05, 3.63) is 48.0 Å². The van der Waals surface area contributed by atoms with Crippen molar-refractivity contribution >= 4 is 11.4 Å². The van der Waals surface area contributed by atoms with Gasteiger partial charge in [-0.2, -0.15) is 0 Å². The SMILES string of the molecule is COc1cccc(N(C)Cc2cc(N)ccc2OC)c1. The molecule has 20 heavy (non-hydrogen) atoms. The molecule has 2 N–H and O–H groups in total. The van der Waals surface area contributed by atoms with E-state index in [1.807, 2.05) is 49.5 Å². The molecule has 0 saturated heterocycles. The molecule has 4 heteroatoms. The number of hydrogen-bond donors (Lipinski definition) is 1. The van der Waals surface area contributed by atoms with Crippen molar-refractivity contribution in [3.8, 4) is 11.5 Å². The Hall–Kier alpha value is -2.36. The normalized spacial score (nSPS) is 10.2. The number of ether oxygens (including phenoxy) is 2. The average Bonchev–Trinajstić information content (AvgIpc) is 2.47. The van der Waals surface area contributed by atoms with Gasteiger partial charge < -0.3 is 20.1 Å². The van der Waals surface area contributed by atoms with Crippen molar-refractivity contribution < 1.29 is 9.47 Å². The van der Waals surface area contributed by atoms with E-state index in [0.29, 0.717) is 6.54 Å². The third-order valence-electron chi connectivity index (χ3n) is 3.21. The van der Waals surface area contributed by atoms with Gasteiger partial charge in [0, 0.05) is 36.6 Å². The van der Waals surface area contributed by atoms with E-state index in [1.54, 1.807) is 14.2 Å². The van der Waals surface area contributed by atoms with E-state index in [9.17, 15) is 0 Å². The Kier molecular flexibility index (Phi) is 4.35. The number of hydrogen-bond acceptors (Lipinski definition) is 4. The molecule has 0 atom stereocenters. The minimum absolute atomic E-state index is 0.710. The standard InChI is InChI=1S/C16H20N2O2/c1-18(14-5-4-6-15(10-14)19-2)11-12-9-13(17)7-8-16(12)20-3/h4-10H,11,17H2,1-3H3. The lowest BCUT2D eigenvalue weighted by Crippen LogP contribution is -2.17. The molecule has 0 saturated carbocycles. The summed E-state index contributed by atoms with van der Waals surface area (Å²) < 4.78 is 10.6. The topological polar surface area (TPSA) is 47.7 Å². The van der Waals surface area contributed by atoms with Crippen molar-refractivity contribution in [2.45, 2.75) is 6.54 Å². The molecule has 2 rings (SSSR count). The van der Waals surface area contributed by atoms with E-state index in [4.69, 9.17) is 15.2 Å². The molecule has 4 nitrogen and oxygen atoms in total. The fraction of sp³-hybridized carbons (Fsp3) is 0.250. The third-order valence-corrected chi connectivity index (χ3v) is 3.21. The monoisotopic (exact) mass is 272 g/mol. The molecule has 106 valence electrons. The molecule has 0 unspecified atom stereocenters. The largest absolute Gasteiger partial charge is 0.497 e. The second-order valence-corrected chi connectivity index (χ2v) is 4.63. The molecule has 0 amide bonds. The van der Waals surface area contributed by atoms with Crippen molar-refractivity contribution in [1.82, 2.24) is 0 Å². The van der Waals surface area contributed by atoms with Crippen LogP contribution in [-0.2, 0) is 6.54 Å². The van der Waals surface area contributed by atoms with Crippen molar-refractivity contribution in [3.63, 3.8) is 0 Å². The molecule has 0 spiro atoms. The van der Waals surface area contributed by atoms with E-state index in [0.717, 1.165) is 28.4 Å². The number of anilines is 2. The van der Waals surface area contributed by atoms with Crippen molar-refractivity contribution in [2.75, 3.05) is 31.9 Å². The quantitative estimate of drug-likeness (QED) is 0.850. The Bertz CT molecular complexity index is 584. The van der Waals surface area contributed by atoms with Crippen LogP contribution < -0.4 is 20.1 Å². The lowest BCUT2D eigenvalue weighted by atomic mass is 10.1. The smallest absolute Gasteiger partial charge is 0.123 e. The van der Waals surface area contributed by atoms with Gasteiger partial charge in [-0.1, -0.05) is 6.07 Å². The maximum Gasteiger partial charge on any atom is 0.123 e. The first kappa shape index (κ1) is 14.1. The van der Waals surface area contributed by atoms with Crippen LogP contribution in [0.15, 0.2) is 42.5 Å². The number of benzene rings is 2. The first-order valence-electron chi connectivity index (χ1n) is 6.41. The number of rotatable bonds is 5. The molecule has 0 radical (unpaired) electrons. The van der Waals surface area contributed by atoms with Gasteiger partial charge >= 0.3 is 0 Å². The van der Waals surface area contributed by atoms with Gasteiger partial charge in [0.05, 0.1) is 14.2 Å². The molecule has 0 fully saturated rings. The first-order valence-corrected chi connectivity index (χ1v) is 6.41. The van der Waals surface area contributed by atoms with Gasteiger partial charge in [0.1, 0.15) is 11.5 Å². The molecule has 0 aliphatic heterocycles. The molecule has 0 aromatic heterocycles. The summed E-state index contributed by atoms with van der Waals surface area (Å²) in [5.74, 6) is 1.68. The fourth-order valence-electron chi connectivity index (χ4n) is 2.12. The second-order valence-electron chi connectivity index (χ2n) is 4.63. The van der Waals surface area contributed by atoms with Crippen molar-refractivity contribution in [2.24, 2.45) is 0 Å². The Morgan fingerprint density at radius 3 is 2.55 bits per heavy atom. The first-order chi connectivity index (χ1) is 9.63. The highest BCUT2D eigenvalue weighted by Crippen LogP contribution is 2.26. The van der Waals surface area contributed by atoms with E-state index in [1.165, 1.54) is 0 Å². The van der Waals surface area contributed by atoms with Crippen LogP contribution in [0.1, 0.15) is 5.56 Å². The van der Waals surface area contributed by atoms with Crippen LogP contribution in [0.25, 0.3) is 0 Å². The van der Waals surface area contributed by atoms with Crippen LogP contribution in [0, 0.1) is 0 Å². The van der Waals surface area contributed by atoms with Crippen LogP contribution in [-0.4, -0.2) is 21.3 Å². The molecule has 2 aromatic carbocycles. The predicted octanol–water partition coefficient (Wildman–Crippen LogP) is 2.92. The maximum absolute atomic E-state index is 5.85. The minimum Gasteiger partial charge on any atom is -0.497 e. The molecule has 2 aromatic rings. The molecule has 0 aliphatic carbocycles. The Morgan fingerprint density at radius 2 is 1.85 bits per heavy atom. The van der Waals surface area contributed by atoms with Crippen LogP contribution in [0.5, 0.6) is 11.5 Å². The maximum atomic E-state index is 5.85. The van der Waals surface area contributed by atoms with Gasteiger partial charge in [0.2, 0.25) is 0 Å². The second kappa shape index (κ2) is 6.19. The summed E-state index contributed by atoms with van der Waals surface area (Å²) in [6.07, 6.45) is 0. The van der Waals surface area contributed by atoms with E-state index in [2.05, 4.69) is 4.90 Å². The summed E-state index contributed by atoms with van der Waals surface area (Å²) in [6, 6.07) is 13.6. The predicted molar refractivity (Wildman–Crippen MR) is 82.5 cm³/mol. The number of nitrogens with zero attached hydrogens (tertiary/aromatic N) is 1. The van der Waals surface area contributed by atoms with Gasteiger partial charge in [-0.3, -0.25) is 0 Å². The van der Waals surface area contributed by atoms with Gasteiger partial charge in [-0.25, -0.2) is 0 Å². The highest BCUT2D eigenvalue weighted by atomic mass is 16.5. The van der Waals surface area contributed by atoms with Crippen molar-refractivity contribution in [1.29, 1.82) is 0 Å². The molecule has 0 aliphatic rings. The van der Waals surface area contributed by atoms with Crippen LogP contribution in [0.4, 0.5) is 11.4 Å². The Morgan fingerprint density at radius 1 is 1.05 bits per heavy atom. The van der Waals surface area contributed by atoms with E-state index in [-0.39, 0.29) is 0 Å². The third kappa shape index (κ3) is 3.15. The summed E-state index contributed by atoms with van der Waals surface area (Å²) in [6.45, 7) is 0.710. The zero-order valence-corrected chi connectivity index (χ0v) is 12.1. The van der Waals surface area contributed by atoms with Gasteiger partial charge in [0.25, 0.3) is 0 Å². The van der Waals surface area contributed by atoms with E-state index < -0.39 is 0 Å². The number of nitrogens with two attached hydrogens (primary N) is 1. The summed E-state index contributed by atoms with van der Waals surface area (Å²) in [5.41, 5.74) is 8.72.